The maximum Gasteiger partial charge on any atom is 0.241 e. The molecule has 3 aromatic rings. The number of hydrogen-bond donors (Lipinski definition) is 1. The van der Waals surface area contributed by atoms with Crippen LogP contribution in [0.25, 0.3) is 10.2 Å². The highest BCUT2D eigenvalue weighted by atomic mass is 35.5. The number of amides is 1. The average Bonchev–Trinajstić information content (AvgIpc) is 3.00. The normalized spacial score (nSPS) is 12.5. The lowest BCUT2D eigenvalue weighted by molar-refractivity contribution is -0.120. The Labute approximate surface area is 160 Å². The first-order valence-electron chi connectivity index (χ1n) is 7.75. The van der Waals surface area contributed by atoms with E-state index >= 15 is 0 Å². The van der Waals surface area contributed by atoms with Gasteiger partial charge in [0.05, 0.1) is 38.5 Å². The number of hydrogen-bond acceptors (Lipinski definition) is 4. The zero-order chi connectivity index (χ0) is 18.0. The lowest BCUT2D eigenvalue weighted by Gasteiger charge is -2.23. The SMILES string of the molecule is C[C@H](C(=O)Nc1cccc(Cl)c1Cl)N(C)Cc1nc2ccccc2s1. The minimum Gasteiger partial charge on any atom is -0.323 e. The fourth-order valence-electron chi connectivity index (χ4n) is 2.38. The summed E-state index contributed by atoms with van der Waals surface area (Å²) in [6.45, 7) is 2.44. The maximum absolute atomic E-state index is 12.5. The predicted octanol–water partition coefficient (Wildman–Crippen LogP) is 5.06. The third-order valence-corrected chi connectivity index (χ3v) is 5.81. The predicted molar refractivity (Wildman–Crippen MR) is 106 cm³/mol. The molecule has 2 aromatic carbocycles. The van der Waals surface area contributed by atoms with Crippen LogP contribution in [-0.4, -0.2) is 28.9 Å². The number of halogens is 2. The number of anilines is 1. The minimum atomic E-state index is -0.345. The molecular weight excluding hydrogens is 377 g/mol. The van der Waals surface area contributed by atoms with Crippen LogP contribution in [0.1, 0.15) is 11.9 Å². The molecule has 4 nitrogen and oxygen atoms in total. The largest absolute Gasteiger partial charge is 0.323 e. The summed E-state index contributed by atoms with van der Waals surface area (Å²) in [5.74, 6) is -0.146. The second kappa shape index (κ2) is 7.70. The molecule has 0 saturated carbocycles. The molecule has 0 fully saturated rings. The summed E-state index contributed by atoms with van der Waals surface area (Å²) in [5, 5.41) is 4.56. The molecule has 0 aliphatic heterocycles. The van der Waals surface area contributed by atoms with E-state index in [9.17, 15) is 4.79 Å². The number of nitrogens with one attached hydrogen (secondary N) is 1. The smallest absolute Gasteiger partial charge is 0.241 e. The summed E-state index contributed by atoms with van der Waals surface area (Å²) in [5.41, 5.74) is 1.50. The molecule has 1 heterocycles. The van der Waals surface area contributed by atoms with Gasteiger partial charge in [0, 0.05) is 0 Å². The zero-order valence-corrected chi connectivity index (χ0v) is 16.1. The van der Waals surface area contributed by atoms with E-state index in [1.165, 1.54) is 0 Å². The lowest BCUT2D eigenvalue weighted by Crippen LogP contribution is -2.39. The van der Waals surface area contributed by atoms with Crippen LogP contribution in [0, 0.1) is 0 Å². The molecule has 1 N–H and O–H groups in total. The van der Waals surface area contributed by atoms with Crippen LogP contribution in [-0.2, 0) is 11.3 Å². The maximum atomic E-state index is 12.5. The minimum absolute atomic E-state index is 0.146. The van der Waals surface area contributed by atoms with E-state index in [-0.39, 0.29) is 11.9 Å². The summed E-state index contributed by atoms with van der Waals surface area (Å²) in [7, 11) is 1.90. The highest BCUT2D eigenvalue weighted by Crippen LogP contribution is 2.30. The first kappa shape index (κ1) is 18.1. The highest BCUT2D eigenvalue weighted by molar-refractivity contribution is 7.18. The van der Waals surface area contributed by atoms with E-state index in [1.807, 2.05) is 43.1 Å². The molecule has 25 heavy (non-hydrogen) atoms. The number of rotatable bonds is 5. The van der Waals surface area contributed by atoms with Crippen LogP contribution in [0.3, 0.4) is 0 Å². The second-order valence-corrected chi connectivity index (χ2v) is 7.66. The fraction of sp³-hybridized carbons (Fsp3) is 0.222. The molecule has 1 atom stereocenters. The first-order chi connectivity index (χ1) is 12.0. The molecule has 7 heteroatoms. The lowest BCUT2D eigenvalue weighted by atomic mass is 10.2. The Bertz CT molecular complexity index is 879. The van der Waals surface area contributed by atoms with E-state index in [0.717, 1.165) is 15.2 Å². The molecular formula is C18H17Cl2N3OS. The van der Waals surface area contributed by atoms with Crippen LogP contribution in [0.2, 0.25) is 10.0 Å². The Kier molecular flexibility index (Phi) is 5.59. The van der Waals surface area contributed by atoms with E-state index in [4.69, 9.17) is 23.2 Å². The van der Waals surface area contributed by atoms with Crippen molar-refractivity contribution in [3.8, 4) is 0 Å². The summed E-state index contributed by atoms with van der Waals surface area (Å²) in [6, 6.07) is 12.8. The number of benzene rings is 2. The molecule has 0 bridgehead atoms. The van der Waals surface area contributed by atoms with Crippen molar-refractivity contribution in [2.24, 2.45) is 0 Å². The number of nitrogens with zero attached hydrogens (tertiary/aromatic N) is 2. The molecule has 0 unspecified atom stereocenters. The van der Waals surface area contributed by atoms with Gasteiger partial charge < -0.3 is 5.32 Å². The van der Waals surface area contributed by atoms with Crippen LogP contribution in [0.4, 0.5) is 5.69 Å². The topological polar surface area (TPSA) is 45.2 Å². The van der Waals surface area contributed by atoms with Gasteiger partial charge in [0.15, 0.2) is 0 Å². The van der Waals surface area contributed by atoms with Gasteiger partial charge in [-0.3, -0.25) is 9.69 Å². The average molecular weight is 394 g/mol. The number of fused-ring (bicyclic) bond motifs is 1. The third-order valence-electron chi connectivity index (χ3n) is 3.97. The van der Waals surface area contributed by atoms with Gasteiger partial charge >= 0.3 is 0 Å². The van der Waals surface area contributed by atoms with Crippen molar-refractivity contribution in [2.45, 2.75) is 19.5 Å². The summed E-state index contributed by atoms with van der Waals surface area (Å²) in [6.07, 6.45) is 0. The Morgan fingerprint density at radius 2 is 2.00 bits per heavy atom. The number of para-hydroxylation sites is 1. The van der Waals surface area contributed by atoms with E-state index in [0.29, 0.717) is 22.3 Å². The standard InChI is InChI=1S/C18H17Cl2N3OS/c1-11(18(24)22-14-8-5-6-12(19)17(14)20)23(2)10-16-21-13-7-3-4-9-15(13)25-16/h3-9,11H,10H2,1-2H3,(H,22,24)/t11-/m1/s1. The van der Waals surface area contributed by atoms with Gasteiger partial charge in [-0.25, -0.2) is 4.98 Å². The van der Waals surface area contributed by atoms with Crippen molar-refractivity contribution in [3.63, 3.8) is 0 Å². The third kappa shape index (κ3) is 4.12. The second-order valence-electron chi connectivity index (χ2n) is 5.76. The quantitative estimate of drug-likeness (QED) is 0.658. The molecule has 0 radical (unpaired) electrons. The van der Waals surface area contributed by atoms with Crippen molar-refractivity contribution < 1.29 is 4.79 Å². The van der Waals surface area contributed by atoms with E-state index in [2.05, 4.69) is 10.3 Å². The van der Waals surface area contributed by atoms with Gasteiger partial charge in [-0.2, -0.15) is 0 Å². The van der Waals surface area contributed by atoms with Crippen LogP contribution in [0.15, 0.2) is 42.5 Å². The van der Waals surface area contributed by atoms with Gasteiger partial charge in [0.25, 0.3) is 0 Å². The van der Waals surface area contributed by atoms with Gasteiger partial charge in [-0.15, -0.1) is 11.3 Å². The zero-order valence-electron chi connectivity index (χ0n) is 13.8. The number of carbonyl (C=O) groups excluding carboxylic acids is 1. The summed E-state index contributed by atoms with van der Waals surface area (Å²) in [4.78, 5) is 19.1. The Morgan fingerprint density at radius 1 is 1.24 bits per heavy atom. The molecule has 130 valence electrons. The molecule has 1 amide bonds. The number of likely N-dealkylation sites (N-methyl/N-ethyl adjacent to an activating group) is 1. The van der Waals surface area contributed by atoms with Gasteiger partial charge in [-0.05, 0) is 38.2 Å². The fourth-order valence-corrected chi connectivity index (χ4v) is 3.75. The summed E-state index contributed by atoms with van der Waals surface area (Å²) < 4.78 is 1.15. The Hall–Kier alpha value is -1.66. The number of carbonyl (C=O) groups is 1. The number of aromatic nitrogens is 1. The van der Waals surface area contributed by atoms with Gasteiger partial charge in [0.2, 0.25) is 5.91 Å². The van der Waals surface area contributed by atoms with Crippen molar-refractivity contribution >= 4 is 56.3 Å². The monoisotopic (exact) mass is 393 g/mol. The molecule has 0 spiro atoms. The van der Waals surface area contributed by atoms with Crippen molar-refractivity contribution in [2.75, 3.05) is 12.4 Å². The Morgan fingerprint density at radius 3 is 2.76 bits per heavy atom. The van der Waals surface area contributed by atoms with Gasteiger partial charge in [0.1, 0.15) is 5.01 Å². The van der Waals surface area contributed by atoms with E-state index in [1.54, 1.807) is 29.5 Å². The summed E-state index contributed by atoms with van der Waals surface area (Å²) >= 11 is 13.8. The highest BCUT2D eigenvalue weighted by Gasteiger charge is 2.20. The van der Waals surface area contributed by atoms with Crippen molar-refractivity contribution in [1.29, 1.82) is 0 Å². The number of thiazole rings is 1. The van der Waals surface area contributed by atoms with Crippen LogP contribution >= 0.6 is 34.5 Å². The van der Waals surface area contributed by atoms with E-state index < -0.39 is 0 Å². The molecule has 1 aromatic heterocycles. The first-order valence-corrected chi connectivity index (χ1v) is 9.32. The molecule has 0 saturated heterocycles. The molecule has 0 aliphatic rings. The van der Waals surface area contributed by atoms with Crippen LogP contribution in [0.5, 0.6) is 0 Å². The Balaban J connectivity index is 1.67. The molecule has 0 aliphatic carbocycles. The van der Waals surface area contributed by atoms with Crippen LogP contribution < -0.4 is 5.32 Å². The van der Waals surface area contributed by atoms with Crippen molar-refractivity contribution in [1.82, 2.24) is 9.88 Å². The van der Waals surface area contributed by atoms with Gasteiger partial charge in [-0.1, -0.05) is 41.4 Å². The molecule has 3 rings (SSSR count). The van der Waals surface area contributed by atoms with Crippen molar-refractivity contribution in [3.05, 3.63) is 57.5 Å².